The van der Waals surface area contributed by atoms with Crippen LogP contribution >= 0.6 is 11.6 Å². The van der Waals surface area contributed by atoms with Gasteiger partial charge in [0.2, 0.25) is 0 Å². The van der Waals surface area contributed by atoms with Gasteiger partial charge in [-0.15, -0.1) is 0 Å². The molecule has 2 unspecified atom stereocenters. The highest BCUT2D eigenvalue weighted by molar-refractivity contribution is 6.33. The van der Waals surface area contributed by atoms with Gasteiger partial charge in [-0.2, -0.15) is 0 Å². The largest absolute Gasteiger partial charge is 0.493 e. The second kappa shape index (κ2) is 10.3. The third-order valence-electron chi connectivity index (χ3n) is 5.10. The fourth-order valence-corrected chi connectivity index (χ4v) is 3.71. The average Bonchev–Trinajstić information content (AvgIpc) is 3.18. The van der Waals surface area contributed by atoms with Crippen molar-refractivity contribution in [2.24, 2.45) is 0 Å². The van der Waals surface area contributed by atoms with Gasteiger partial charge in [-0.3, -0.25) is 4.79 Å². The van der Waals surface area contributed by atoms with Crippen LogP contribution in [-0.4, -0.2) is 50.6 Å². The molecule has 0 bridgehead atoms. The Hall–Kier alpha value is -1.54. The molecule has 0 radical (unpaired) electrons. The van der Waals surface area contributed by atoms with Crippen LogP contribution in [0.15, 0.2) is 12.1 Å². The molecule has 1 aromatic rings. The molecule has 156 valence electrons. The lowest BCUT2D eigenvalue weighted by molar-refractivity contribution is -0.0546. The predicted octanol–water partition coefficient (Wildman–Crippen LogP) is 2.71. The Bertz CT molecular complexity index is 667. The first-order valence-corrected chi connectivity index (χ1v) is 10.4. The SMILES string of the molecule is CCCCOc1cc(N)c(Cl)cc1C(=O)NC1CCNC(CC2OCCO2)C1. The monoisotopic (exact) mass is 411 g/mol. The van der Waals surface area contributed by atoms with E-state index in [4.69, 9.17) is 31.5 Å². The van der Waals surface area contributed by atoms with Gasteiger partial charge in [0.25, 0.3) is 5.91 Å². The molecule has 2 aliphatic rings. The predicted molar refractivity (Wildman–Crippen MR) is 109 cm³/mol. The Kier molecular flexibility index (Phi) is 7.79. The molecule has 2 aliphatic heterocycles. The number of hydrogen-bond donors (Lipinski definition) is 3. The Morgan fingerprint density at radius 1 is 1.39 bits per heavy atom. The Labute approximate surface area is 171 Å². The fourth-order valence-electron chi connectivity index (χ4n) is 3.55. The first-order valence-electron chi connectivity index (χ1n) is 10.1. The molecule has 2 heterocycles. The fraction of sp³-hybridized carbons (Fsp3) is 0.650. The number of nitrogens with one attached hydrogen (secondary N) is 2. The molecule has 3 rings (SSSR count). The first kappa shape index (κ1) is 21.2. The van der Waals surface area contributed by atoms with Crippen LogP contribution in [0.25, 0.3) is 0 Å². The lowest BCUT2D eigenvalue weighted by Crippen LogP contribution is -2.48. The van der Waals surface area contributed by atoms with Crippen molar-refractivity contribution < 1.29 is 19.0 Å². The Morgan fingerprint density at radius 2 is 2.18 bits per heavy atom. The highest BCUT2D eigenvalue weighted by atomic mass is 35.5. The van der Waals surface area contributed by atoms with E-state index in [2.05, 4.69) is 17.6 Å². The molecule has 0 spiro atoms. The third kappa shape index (κ3) is 5.73. The Balaban J connectivity index is 1.61. The molecule has 2 atom stereocenters. The number of benzene rings is 1. The van der Waals surface area contributed by atoms with Crippen molar-refractivity contribution in [2.45, 2.75) is 57.4 Å². The topological polar surface area (TPSA) is 94.8 Å². The van der Waals surface area contributed by atoms with Crippen molar-refractivity contribution in [1.82, 2.24) is 10.6 Å². The second-order valence-electron chi connectivity index (χ2n) is 7.32. The summed E-state index contributed by atoms with van der Waals surface area (Å²) in [6, 6.07) is 3.54. The summed E-state index contributed by atoms with van der Waals surface area (Å²) in [5.41, 5.74) is 6.73. The van der Waals surface area contributed by atoms with Crippen LogP contribution in [0.4, 0.5) is 5.69 Å². The summed E-state index contributed by atoms with van der Waals surface area (Å²) in [5.74, 6) is 0.290. The van der Waals surface area contributed by atoms with E-state index in [1.807, 2.05) is 0 Å². The molecule has 0 saturated carbocycles. The summed E-state index contributed by atoms with van der Waals surface area (Å²) < 4.78 is 16.9. The zero-order chi connectivity index (χ0) is 19.9. The van der Waals surface area contributed by atoms with Crippen molar-refractivity contribution >= 4 is 23.2 Å². The average molecular weight is 412 g/mol. The maximum atomic E-state index is 12.9. The summed E-state index contributed by atoms with van der Waals surface area (Å²) in [6.45, 7) is 4.76. The smallest absolute Gasteiger partial charge is 0.255 e. The van der Waals surface area contributed by atoms with E-state index in [1.165, 1.54) is 0 Å². The molecular weight excluding hydrogens is 382 g/mol. The maximum absolute atomic E-state index is 12.9. The quantitative estimate of drug-likeness (QED) is 0.449. The molecule has 7 nitrogen and oxygen atoms in total. The van der Waals surface area contributed by atoms with Gasteiger partial charge in [0.05, 0.1) is 36.1 Å². The molecule has 0 aromatic heterocycles. The third-order valence-corrected chi connectivity index (χ3v) is 5.42. The molecule has 4 N–H and O–H groups in total. The number of hydrogen-bond acceptors (Lipinski definition) is 6. The normalized spacial score (nSPS) is 22.9. The van der Waals surface area contributed by atoms with Gasteiger partial charge in [0, 0.05) is 24.6 Å². The molecule has 2 fully saturated rings. The van der Waals surface area contributed by atoms with E-state index in [1.54, 1.807) is 12.1 Å². The van der Waals surface area contributed by atoms with Gasteiger partial charge in [-0.1, -0.05) is 24.9 Å². The van der Waals surface area contributed by atoms with Crippen molar-refractivity contribution in [2.75, 3.05) is 32.1 Å². The van der Waals surface area contributed by atoms with Crippen molar-refractivity contribution in [3.8, 4) is 5.75 Å². The minimum Gasteiger partial charge on any atom is -0.493 e. The number of unbranched alkanes of at least 4 members (excludes halogenated alkanes) is 1. The van der Waals surface area contributed by atoms with E-state index in [9.17, 15) is 4.79 Å². The van der Waals surface area contributed by atoms with Gasteiger partial charge >= 0.3 is 0 Å². The lowest BCUT2D eigenvalue weighted by atomic mass is 9.96. The van der Waals surface area contributed by atoms with Gasteiger partial charge in [-0.25, -0.2) is 0 Å². The van der Waals surface area contributed by atoms with Crippen LogP contribution in [0.1, 0.15) is 49.4 Å². The minimum absolute atomic E-state index is 0.0694. The number of carbonyl (C=O) groups excluding carboxylic acids is 1. The van der Waals surface area contributed by atoms with E-state index in [0.29, 0.717) is 41.8 Å². The van der Waals surface area contributed by atoms with E-state index in [-0.39, 0.29) is 24.3 Å². The van der Waals surface area contributed by atoms with Gasteiger partial charge in [0.15, 0.2) is 6.29 Å². The maximum Gasteiger partial charge on any atom is 0.255 e. The van der Waals surface area contributed by atoms with Gasteiger partial charge in [-0.05, 0) is 31.9 Å². The lowest BCUT2D eigenvalue weighted by Gasteiger charge is -2.32. The molecule has 28 heavy (non-hydrogen) atoms. The van der Waals surface area contributed by atoms with Crippen molar-refractivity contribution in [1.29, 1.82) is 0 Å². The molecule has 1 amide bonds. The van der Waals surface area contributed by atoms with E-state index >= 15 is 0 Å². The zero-order valence-corrected chi connectivity index (χ0v) is 17.1. The molecule has 8 heteroatoms. The van der Waals surface area contributed by atoms with Crippen LogP contribution < -0.4 is 21.1 Å². The van der Waals surface area contributed by atoms with Crippen LogP contribution in [0.2, 0.25) is 5.02 Å². The number of nitrogen functional groups attached to an aromatic ring is 1. The standard InChI is InChI=1S/C20H30ClN3O4/c1-2-3-6-26-18-12-17(22)16(21)11-15(18)20(25)24-13-4-5-23-14(9-13)10-19-27-7-8-28-19/h11-14,19,23H,2-10,22H2,1H3,(H,24,25). The molecule has 0 aliphatic carbocycles. The number of piperidine rings is 1. The summed E-state index contributed by atoms with van der Waals surface area (Å²) >= 11 is 6.15. The summed E-state index contributed by atoms with van der Waals surface area (Å²) in [7, 11) is 0. The molecule has 1 aromatic carbocycles. The van der Waals surface area contributed by atoms with Gasteiger partial charge in [0.1, 0.15) is 5.75 Å². The number of rotatable bonds is 8. The van der Waals surface area contributed by atoms with Crippen LogP contribution in [0.3, 0.4) is 0 Å². The number of halogens is 1. The number of amides is 1. The first-order chi connectivity index (χ1) is 13.6. The molecule has 2 saturated heterocycles. The summed E-state index contributed by atoms with van der Waals surface area (Å²) in [6.07, 6.45) is 4.24. The number of anilines is 1. The Morgan fingerprint density at radius 3 is 2.93 bits per heavy atom. The van der Waals surface area contributed by atoms with Crippen molar-refractivity contribution in [3.05, 3.63) is 22.7 Å². The minimum atomic E-state index is -0.188. The highest BCUT2D eigenvalue weighted by Gasteiger charge is 2.28. The van der Waals surface area contributed by atoms with Crippen LogP contribution in [-0.2, 0) is 9.47 Å². The summed E-state index contributed by atoms with van der Waals surface area (Å²) in [4.78, 5) is 12.9. The van der Waals surface area contributed by atoms with Crippen LogP contribution in [0, 0.1) is 0 Å². The van der Waals surface area contributed by atoms with E-state index < -0.39 is 0 Å². The number of nitrogens with two attached hydrogens (primary N) is 1. The van der Waals surface area contributed by atoms with Crippen molar-refractivity contribution in [3.63, 3.8) is 0 Å². The second-order valence-corrected chi connectivity index (χ2v) is 7.73. The number of ether oxygens (including phenoxy) is 3. The molecular formula is C20H30ClN3O4. The van der Waals surface area contributed by atoms with E-state index in [0.717, 1.165) is 38.6 Å². The number of carbonyl (C=O) groups is 1. The van der Waals surface area contributed by atoms with Gasteiger partial charge < -0.3 is 30.6 Å². The van der Waals surface area contributed by atoms with Crippen LogP contribution in [0.5, 0.6) is 5.75 Å². The zero-order valence-electron chi connectivity index (χ0n) is 16.3. The summed E-state index contributed by atoms with van der Waals surface area (Å²) in [5, 5.41) is 6.96. The highest BCUT2D eigenvalue weighted by Crippen LogP contribution is 2.29.